The molecule has 8 heteroatoms. The standard InChI is InChI=1S/C6H5N3O2S3/c10-14(11,6-8-2-4-13-6)9-5-7-1-3-12-5/h1-4H,(H,7,9). The molecule has 0 bridgehead atoms. The zero-order valence-corrected chi connectivity index (χ0v) is 9.19. The predicted molar refractivity (Wildman–Crippen MR) is 55.0 cm³/mol. The first-order chi connectivity index (χ1) is 6.68. The topological polar surface area (TPSA) is 72.0 Å². The lowest BCUT2D eigenvalue weighted by molar-refractivity contribution is 0.600. The van der Waals surface area contributed by atoms with Gasteiger partial charge in [0.15, 0.2) is 5.13 Å². The molecule has 5 nitrogen and oxygen atoms in total. The Morgan fingerprint density at radius 1 is 1.14 bits per heavy atom. The second kappa shape index (κ2) is 3.64. The van der Waals surface area contributed by atoms with E-state index >= 15 is 0 Å². The molecule has 2 heterocycles. The quantitative estimate of drug-likeness (QED) is 0.890. The molecule has 1 N–H and O–H groups in total. The lowest BCUT2D eigenvalue weighted by Gasteiger charge is -1.99. The molecule has 0 aliphatic heterocycles. The first-order valence-corrected chi connectivity index (χ1v) is 6.74. The molecule has 0 spiro atoms. The fraction of sp³-hybridized carbons (Fsp3) is 0. The van der Waals surface area contributed by atoms with Crippen molar-refractivity contribution in [2.45, 2.75) is 4.34 Å². The van der Waals surface area contributed by atoms with Crippen LogP contribution in [0.15, 0.2) is 27.5 Å². The van der Waals surface area contributed by atoms with Crippen LogP contribution in [0.3, 0.4) is 0 Å². The minimum Gasteiger partial charge on any atom is -0.253 e. The summed E-state index contributed by atoms with van der Waals surface area (Å²) in [4.78, 5) is 7.53. The van der Waals surface area contributed by atoms with E-state index in [-0.39, 0.29) is 4.34 Å². The third-order valence-corrected chi connectivity index (χ3v) is 4.65. The summed E-state index contributed by atoms with van der Waals surface area (Å²) in [7, 11) is -3.53. The van der Waals surface area contributed by atoms with Gasteiger partial charge in [-0.15, -0.1) is 22.7 Å². The zero-order chi connectivity index (χ0) is 10.0. The van der Waals surface area contributed by atoms with Crippen LogP contribution in [-0.4, -0.2) is 18.4 Å². The number of hydrogen-bond acceptors (Lipinski definition) is 6. The van der Waals surface area contributed by atoms with Gasteiger partial charge in [-0.05, 0) is 0 Å². The molecule has 0 unspecified atom stereocenters. The summed E-state index contributed by atoms with van der Waals surface area (Å²) in [5, 5.41) is 3.65. The van der Waals surface area contributed by atoms with Gasteiger partial charge in [-0.1, -0.05) is 0 Å². The molecule has 0 atom stereocenters. The van der Waals surface area contributed by atoms with Crippen LogP contribution in [0.1, 0.15) is 0 Å². The number of anilines is 1. The normalized spacial score (nSPS) is 11.4. The number of aromatic nitrogens is 2. The summed E-state index contributed by atoms with van der Waals surface area (Å²) in [5.74, 6) is 0. The minimum absolute atomic E-state index is 0.0488. The Labute approximate surface area is 88.5 Å². The third-order valence-electron chi connectivity index (χ3n) is 1.29. The molecule has 0 aromatic carbocycles. The molecule has 74 valence electrons. The van der Waals surface area contributed by atoms with Crippen LogP contribution in [0, 0.1) is 0 Å². The van der Waals surface area contributed by atoms with Gasteiger partial charge in [0.25, 0.3) is 10.0 Å². The van der Waals surface area contributed by atoms with Crippen molar-refractivity contribution in [3.8, 4) is 0 Å². The second-order valence-electron chi connectivity index (χ2n) is 2.24. The molecule has 2 aromatic heterocycles. The highest BCUT2D eigenvalue weighted by atomic mass is 32.2. The highest BCUT2D eigenvalue weighted by molar-refractivity contribution is 7.94. The molecule has 0 saturated heterocycles. The summed E-state index contributed by atoms with van der Waals surface area (Å²) < 4.78 is 25.5. The summed E-state index contributed by atoms with van der Waals surface area (Å²) >= 11 is 2.29. The van der Waals surface area contributed by atoms with Crippen LogP contribution >= 0.6 is 22.7 Å². The van der Waals surface area contributed by atoms with E-state index in [0.717, 1.165) is 11.3 Å². The van der Waals surface area contributed by atoms with Crippen molar-refractivity contribution < 1.29 is 8.42 Å². The van der Waals surface area contributed by atoms with E-state index < -0.39 is 10.0 Å². The van der Waals surface area contributed by atoms with Crippen molar-refractivity contribution in [3.05, 3.63) is 23.2 Å². The fourth-order valence-electron chi connectivity index (χ4n) is 0.776. The summed E-state index contributed by atoms with van der Waals surface area (Å²) in [6.45, 7) is 0. The lowest BCUT2D eigenvalue weighted by atomic mass is 11.0. The van der Waals surface area contributed by atoms with Gasteiger partial charge in [0, 0.05) is 23.2 Å². The Hall–Kier alpha value is -0.990. The average molecular weight is 247 g/mol. The average Bonchev–Trinajstić information content (AvgIpc) is 2.71. The van der Waals surface area contributed by atoms with E-state index in [2.05, 4.69) is 14.7 Å². The van der Waals surface area contributed by atoms with Gasteiger partial charge in [0.1, 0.15) is 0 Å². The first-order valence-electron chi connectivity index (χ1n) is 3.50. The van der Waals surface area contributed by atoms with Gasteiger partial charge in [0.05, 0.1) is 0 Å². The minimum atomic E-state index is -3.53. The van der Waals surface area contributed by atoms with Gasteiger partial charge >= 0.3 is 0 Å². The maximum Gasteiger partial charge on any atom is 0.291 e. The van der Waals surface area contributed by atoms with Crippen molar-refractivity contribution in [1.82, 2.24) is 9.97 Å². The Kier molecular flexibility index (Phi) is 2.48. The molecule has 0 aliphatic carbocycles. The van der Waals surface area contributed by atoms with Crippen molar-refractivity contribution in [3.63, 3.8) is 0 Å². The second-order valence-corrected chi connectivity index (χ2v) is 5.89. The molecule has 0 aliphatic rings. The Balaban J connectivity index is 2.27. The van der Waals surface area contributed by atoms with E-state index in [1.807, 2.05) is 0 Å². The van der Waals surface area contributed by atoms with Gasteiger partial charge in [0.2, 0.25) is 4.34 Å². The maximum absolute atomic E-state index is 11.6. The highest BCUT2D eigenvalue weighted by Crippen LogP contribution is 2.18. The number of rotatable bonds is 3. The lowest BCUT2D eigenvalue weighted by Crippen LogP contribution is -2.12. The molecule has 0 radical (unpaired) electrons. The highest BCUT2D eigenvalue weighted by Gasteiger charge is 2.17. The van der Waals surface area contributed by atoms with E-state index in [0.29, 0.717) is 5.13 Å². The molecule has 0 fully saturated rings. The van der Waals surface area contributed by atoms with Crippen LogP contribution in [0.5, 0.6) is 0 Å². The van der Waals surface area contributed by atoms with E-state index in [4.69, 9.17) is 0 Å². The SMILES string of the molecule is O=S(=O)(Nc1nccs1)c1nccs1. The fourth-order valence-corrected chi connectivity index (χ4v) is 3.40. The largest absolute Gasteiger partial charge is 0.291 e. The molecule has 0 amide bonds. The van der Waals surface area contributed by atoms with E-state index in [9.17, 15) is 8.42 Å². The maximum atomic E-state index is 11.6. The molecular formula is C6H5N3O2S3. The summed E-state index contributed by atoms with van der Waals surface area (Å²) in [6, 6.07) is 0. The summed E-state index contributed by atoms with van der Waals surface area (Å²) in [6.07, 6.45) is 2.98. The van der Waals surface area contributed by atoms with Gasteiger partial charge in [-0.3, -0.25) is 4.72 Å². The molecule has 0 saturated carbocycles. The number of hydrogen-bond donors (Lipinski definition) is 1. The summed E-state index contributed by atoms with van der Waals surface area (Å²) in [5.41, 5.74) is 0. The number of sulfonamides is 1. The molecular weight excluding hydrogens is 242 g/mol. The van der Waals surface area contributed by atoms with Crippen LogP contribution in [0.2, 0.25) is 0 Å². The van der Waals surface area contributed by atoms with Crippen LogP contribution in [0.4, 0.5) is 5.13 Å². The van der Waals surface area contributed by atoms with Gasteiger partial charge < -0.3 is 0 Å². The van der Waals surface area contributed by atoms with Gasteiger partial charge in [-0.25, -0.2) is 9.97 Å². The zero-order valence-electron chi connectivity index (χ0n) is 6.75. The smallest absolute Gasteiger partial charge is 0.253 e. The Bertz CT molecular complexity index is 488. The van der Waals surface area contributed by atoms with Crippen LogP contribution in [-0.2, 0) is 10.0 Å². The van der Waals surface area contributed by atoms with Crippen molar-refractivity contribution in [1.29, 1.82) is 0 Å². The van der Waals surface area contributed by atoms with Crippen LogP contribution in [0.25, 0.3) is 0 Å². The van der Waals surface area contributed by atoms with E-state index in [1.165, 1.54) is 23.7 Å². The first kappa shape index (κ1) is 9.56. The van der Waals surface area contributed by atoms with Crippen LogP contribution < -0.4 is 4.72 Å². The predicted octanol–water partition coefficient (Wildman–Crippen LogP) is 1.40. The number of nitrogens with one attached hydrogen (secondary N) is 1. The number of thiazole rings is 2. The van der Waals surface area contributed by atoms with E-state index in [1.54, 1.807) is 10.8 Å². The Morgan fingerprint density at radius 2 is 1.86 bits per heavy atom. The Morgan fingerprint density at radius 3 is 2.43 bits per heavy atom. The van der Waals surface area contributed by atoms with Crippen molar-refractivity contribution in [2.75, 3.05) is 4.72 Å². The molecule has 14 heavy (non-hydrogen) atoms. The third kappa shape index (κ3) is 1.91. The molecule has 2 aromatic rings. The van der Waals surface area contributed by atoms with Crippen molar-refractivity contribution in [2.24, 2.45) is 0 Å². The number of nitrogens with zero attached hydrogens (tertiary/aromatic N) is 2. The monoisotopic (exact) mass is 247 g/mol. The van der Waals surface area contributed by atoms with Gasteiger partial charge in [-0.2, -0.15) is 8.42 Å². The molecule has 2 rings (SSSR count). The van der Waals surface area contributed by atoms with Crippen molar-refractivity contribution >= 4 is 37.8 Å².